The maximum Gasteiger partial charge on any atom is 0.343 e. The molecule has 1 aromatic heterocycles. The first-order chi connectivity index (χ1) is 9.19. The van der Waals surface area contributed by atoms with Gasteiger partial charge < -0.3 is 13.7 Å². The highest BCUT2D eigenvalue weighted by atomic mass is 28.4. The van der Waals surface area contributed by atoms with Crippen LogP contribution in [0.4, 0.5) is 0 Å². The summed E-state index contributed by atoms with van der Waals surface area (Å²) in [6.45, 7) is 13.6. The van der Waals surface area contributed by atoms with Gasteiger partial charge in [0, 0.05) is 13.0 Å². The van der Waals surface area contributed by atoms with Crippen LogP contribution in [0, 0.1) is 0 Å². The Bertz CT molecular complexity index is 448. The number of carbonyl (C=O) groups is 1. The van der Waals surface area contributed by atoms with E-state index in [2.05, 4.69) is 39.0 Å². The van der Waals surface area contributed by atoms with Crippen molar-refractivity contribution in [3.63, 3.8) is 0 Å². The van der Waals surface area contributed by atoms with Crippen molar-refractivity contribution < 1.29 is 18.5 Å². The molecule has 6 heteroatoms. The van der Waals surface area contributed by atoms with Crippen molar-refractivity contribution >= 4 is 14.3 Å². The molecule has 0 fully saturated rings. The third-order valence-electron chi connectivity index (χ3n) is 3.75. The zero-order valence-electron chi connectivity index (χ0n) is 13.3. The summed E-state index contributed by atoms with van der Waals surface area (Å²) in [5.74, 6) is -0.393. The molecule has 20 heavy (non-hydrogen) atoms. The molecule has 0 atom stereocenters. The van der Waals surface area contributed by atoms with Crippen LogP contribution in [0.25, 0.3) is 0 Å². The molecule has 0 unspecified atom stereocenters. The monoisotopic (exact) mass is 299 g/mol. The van der Waals surface area contributed by atoms with Crippen molar-refractivity contribution in [3.05, 3.63) is 17.5 Å². The van der Waals surface area contributed by atoms with Crippen molar-refractivity contribution in [1.29, 1.82) is 0 Å². The van der Waals surface area contributed by atoms with Crippen molar-refractivity contribution in [2.45, 2.75) is 52.2 Å². The van der Waals surface area contributed by atoms with Gasteiger partial charge >= 0.3 is 5.97 Å². The highest BCUT2D eigenvalue weighted by Crippen LogP contribution is 2.36. The third kappa shape index (κ3) is 4.18. The predicted molar refractivity (Wildman–Crippen MR) is 79.3 cm³/mol. The van der Waals surface area contributed by atoms with Crippen LogP contribution in [0.3, 0.4) is 0 Å². The number of ether oxygens (including phenoxy) is 1. The normalized spacial score (nSPS) is 12.5. The smallest absolute Gasteiger partial charge is 0.343 e. The SMILES string of the molecule is CCOC(=O)c1conc1CCO[Si](C)(C)C(C)(C)C. The second-order valence-electron chi connectivity index (χ2n) is 6.25. The number of carbonyl (C=O) groups excluding carboxylic acids is 1. The largest absolute Gasteiger partial charge is 0.462 e. The summed E-state index contributed by atoms with van der Waals surface area (Å²) >= 11 is 0. The van der Waals surface area contributed by atoms with Gasteiger partial charge in [0.15, 0.2) is 8.32 Å². The molecule has 0 saturated carbocycles. The first-order valence-electron chi connectivity index (χ1n) is 6.93. The van der Waals surface area contributed by atoms with Gasteiger partial charge in [0.25, 0.3) is 0 Å². The Morgan fingerprint density at radius 3 is 2.60 bits per heavy atom. The Morgan fingerprint density at radius 2 is 2.05 bits per heavy atom. The van der Waals surface area contributed by atoms with Crippen molar-refractivity contribution in [3.8, 4) is 0 Å². The Labute approximate surface area is 121 Å². The summed E-state index contributed by atoms with van der Waals surface area (Å²) in [5, 5.41) is 4.03. The molecule has 114 valence electrons. The van der Waals surface area contributed by atoms with E-state index in [1.165, 1.54) is 6.26 Å². The van der Waals surface area contributed by atoms with Crippen LogP contribution >= 0.6 is 0 Å². The van der Waals surface area contributed by atoms with E-state index in [-0.39, 0.29) is 5.04 Å². The fourth-order valence-electron chi connectivity index (χ4n) is 1.43. The maximum absolute atomic E-state index is 11.7. The Balaban J connectivity index is 2.60. The van der Waals surface area contributed by atoms with Gasteiger partial charge in [0.1, 0.15) is 17.5 Å². The number of hydrogen-bond acceptors (Lipinski definition) is 5. The van der Waals surface area contributed by atoms with E-state index in [4.69, 9.17) is 13.7 Å². The van der Waals surface area contributed by atoms with Gasteiger partial charge in [-0.15, -0.1) is 0 Å². The molecule has 0 aliphatic rings. The Kier molecular flexibility index (Phi) is 5.53. The Morgan fingerprint density at radius 1 is 1.40 bits per heavy atom. The highest BCUT2D eigenvalue weighted by Gasteiger charge is 2.37. The average Bonchev–Trinajstić information content (AvgIpc) is 2.76. The average molecular weight is 299 g/mol. The molecular weight excluding hydrogens is 274 g/mol. The van der Waals surface area contributed by atoms with Crippen LogP contribution in [0.15, 0.2) is 10.8 Å². The van der Waals surface area contributed by atoms with Gasteiger partial charge in [-0.05, 0) is 25.1 Å². The summed E-state index contributed by atoms with van der Waals surface area (Å²) in [4.78, 5) is 11.7. The summed E-state index contributed by atoms with van der Waals surface area (Å²) < 4.78 is 15.9. The van der Waals surface area contributed by atoms with Crippen LogP contribution in [-0.4, -0.2) is 32.7 Å². The lowest BCUT2D eigenvalue weighted by atomic mass is 10.2. The molecule has 0 saturated heterocycles. The standard InChI is InChI=1S/C14H25NO4Si/c1-7-17-13(16)11-10-18-15-12(11)8-9-19-20(5,6)14(2,3)4/h10H,7-9H2,1-6H3. The van der Waals surface area contributed by atoms with E-state index in [9.17, 15) is 4.79 Å². The van der Waals surface area contributed by atoms with Gasteiger partial charge in [-0.2, -0.15) is 0 Å². The number of nitrogens with zero attached hydrogens (tertiary/aromatic N) is 1. The van der Waals surface area contributed by atoms with Gasteiger partial charge in [-0.25, -0.2) is 4.79 Å². The summed E-state index contributed by atoms with van der Waals surface area (Å²) in [6.07, 6.45) is 1.89. The van der Waals surface area contributed by atoms with Crippen molar-refractivity contribution in [2.75, 3.05) is 13.2 Å². The minimum Gasteiger partial charge on any atom is -0.462 e. The minimum absolute atomic E-state index is 0.167. The van der Waals surface area contributed by atoms with Crippen molar-refractivity contribution in [2.24, 2.45) is 0 Å². The fourth-order valence-corrected chi connectivity index (χ4v) is 2.48. The van der Waals surface area contributed by atoms with Gasteiger partial charge in [0.2, 0.25) is 0 Å². The molecule has 0 aliphatic carbocycles. The van der Waals surface area contributed by atoms with E-state index in [1.54, 1.807) is 6.92 Å². The first kappa shape index (κ1) is 16.9. The van der Waals surface area contributed by atoms with E-state index >= 15 is 0 Å². The minimum atomic E-state index is -1.77. The van der Waals surface area contributed by atoms with Gasteiger partial charge in [-0.1, -0.05) is 25.9 Å². The molecule has 0 N–H and O–H groups in total. The van der Waals surface area contributed by atoms with E-state index < -0.39 is 14.3 Å². The summed E-state index contributed by atoms with van der Waals surface area (Å²) in [5.41, 5.74) is 0.993. The number of esters is 1. The zero-order chi connectivity index (χ0) is 15.4. The molecule has 1 aromatic rings. The molecule has 0 aromatic carbocycles. The van der Waals surface area contributed by atoms with Crippen LogP contribution in [0.5, 0.6) is 0 Å². The molecule has 0 radical (unpaired) electrons. The summed E-state index contributed by atoms with van der Waals surface area (Å²) in [7, 11) is -1.77. The molecule has 5 nitrogen and oxygen atoms in total. The number of rotatable bonds is 6. The van der Waals surface area contributed by atoms with Crippen LogP contribution < -0.4 is 0 Å². The first-order valence-corrected chi connectivity index (χ1v) is 9.84. The lowest BCUT2D eigenvalue weighted by Gasteiger charge is -2.36. The third-order valence-corrected chi connectivity index (χ3v) is 8.29. The van der Waals surface area contributed by atoms with Crippen LogP contribution in [0.1, 0.15) is 43.7 Å². The molecule has 0 spiro atoms. The topological polar surface area (TPSA) is 61.6 Å². The lowest BCUT2D eigenvalue weighted by molar-refractivity contribution is 0.0524. The molecule has 0 amide bonds. The zero-order valence-corrected chi connectivity index (χ0v) is 14.3. The van der Waals surface area contributed by atoms with E-state index in [0.717, 1.165) is 0 Å². The molecule has 0 aliphatic heterocycles. The quantitative estimate of drug-likeness (QED) is 0.595. The highest BCUT2D eigenvalue weighted by molar-refractivity contribution is 6.74. The fraction of sp³-hybridized carbons (Fsp3) is 0.714. The second kappa shape index (κ2) is 6.54. The predicted octanol–water partition coefficient (Wildman–Crippen LogP) is 3.42. The van der Waals surface area contributed by atoms with Gasteiger partial charge in [0.05, 0.1) is 6.61 Å². The maximum atomic E-state index is 11.7. The number of hydrogen-bond donors (Lipinski definition) is 0. The van der Waals surface area contributed by atoms with E-state index in [0.29, 0.717) is 30.9 Å². The molecule has 1 heterocycles. The Hall–Kier alpha value is -1.14. The molecule has 1 rings (SSSR count). The molecule has 0 bridgehead atoms. The lowest BCUT2D eigenvalue weighted by Crippen LogP contribution is -2.41. The van der Waals surface area contributed by atoms with Gasteiger partial charge in [-0.3, -0.25) is 0 Å². The summed E-state index contributed by atoms with van der Waals surface area (Å²) in [6, 6.07) is 0. The number of aromatic nitrogens is 1. The second-order valence-corrected chi connectivity index (χ2v) is 11.1. The van der Waals surface area contributed by atoms with E-state index in [1.807, 2.05) is 0 Å². The molecular formula is C14H25NO4Si. The van der Waals surface area contributed by atoms with Crippen LogP contribution in [0.2, 0.25) is 18.1 Å². The van der Waals surface area contributed by atoms with Crippen LogP contribution in [-0.2, 0) is 15.6 Å². The van der Waals surface area contributed by atoms with Crippen molar-refractivity contribution in [1.82, 2.24) is 5.16 Å².